The third-order valence-corrected chi connectivity index (χ3v) is 3.35. The van der Waals surface area contributed by atoms with Gasteiger partial charge in [-0.2, -0.15) is 0 Å². The van der Waals surface area contributed by atoms with Gasteiger partial charge in [-0.25, -0.2) is 15.0 Å². The van der Waals surface area contributed by atoms with Crippen LogP contribution in [0, 0.1) is 0 Å². The van der Waals surface area contributed by atoms with Crippen molar-refractivity contribution in [1.29, 1.82) is 0 Å². The fraction of sp³-hybridized carbons (Fsp3) is 0. The molecule has 0 aliphatic heterocycles. The minimum absolute atomic E-state index is 0.718. The number of para-hydroxylation sites is 2. The maximum Gasteiger partial charge on any atom is 0.159 e. The maximum absolute atomic E-state index is 4.62. The van der Waals surface area contributed by atoms with Crippen LogP contribution in [0.5, 0.6) is 0 Å². The van der Waals surface area contributed by atoms with Crippen molar-refractivity contribution in [1.82, 2.24) is 19.9 Å². The van der Waals surface area contributed by atoms with Crippen LogP contribution in [0.25, 0.3) is 33.8 Å². The largest absolute Gasteiger partial charge is 0.338 e. The highest BCUT2D eigenvalue weighted by Gasteiger charge is 2.07. The van der Waals surface area contributed by atoms with E-state index in [1.165, 1.54) is 0 Å². The summed E-state index contributed by atoms with van der Waals surface area (Å²) in [6.45, 7) is 0. The van der Waals surface area contributed by atoms with Crippen LogP contribution in [0.1, 0.15) is 0 Å². The van der Waals surface area contributed by atoms with Gasteiger partial charge >= 0.3 is 0 Å². The SMILES string of the molecule is c1cnc(-c2cccc(-c3nc4ccccc4[nH]3)c2)nc1. The van der Waals surface area contributed by atoms with Crippen LogP contribution in [0.15, 0.2) is 67.0 Å². The van der Waals surface area contributed by atoms with Crippen molar-refractivity contribution in [3.05, 3.63) is 67.0 Å². The lowest BCUT2D eigenvalue weighted by atomic mass is 10.1. The molecule has 0 spiro atoms. The summed E-state index contributed by atoms with van der Waals surface area (Å²) in [6.07, 6.45) is 3.49. The Morgan fingerprint density at radius 2 is 1.57 bits per heavy atom. The summed E-state index contributed by atoms with van der Waals surface area (Å²) in [5.74, 6) is 1.57. The Kier molecular flexibility index (Phi) is 2.71. The average Bonchev–Trinajstić information content (AvgIpc) is 3.00. The van der Waals surface area contributed by atoms with Crippen molar-refractivity contribution in [2.75, 3.05) is 0 Å². The van der Waals surface area contributed by atoms with E-state index in [1.54, 1.807) is 12.4 Å². The van der Waals surface area contributed by atoms with Crippen molar-refractivity contribution < 1.29 is 0 Å². The summed E-state index contributed by atoms with van der Waals surface area (Å²) in [7, 11) is 0. The fourth-order valence-electron chi connectivity index (χ4n) is 2.34. The molecule has 0 unspecified atom stereocenters. The number of H-pyrrole nitrogens is 1. The van der Waals surface area contributed by atoms with Crippen LogP contribution >= 0.6 is 0 Å². The van der Waals surface area contributed by atoms with Gasteiger partial charge in [-0.05, 0) is 24.3 Å². The van der Waals surface area contributed by atoms with Gasteiger partial charge in [0.1, 0.15) is 5.82 Å². The molecular formula is C17H12N4. The molecule has 4 rings (SSSR count). The predicted octanol–water partition coefficient (Wildman–Crippen LogP) is 3.69. The Balaban J connectivity index is 1.82. The van der Waals surface area contributed by atoms with E-state index in [4.69, 9.17) is 0 Å². The highest BCUT2D eigenvalue weighted by molar-refractivity contribution is 5.80. The zero-order chi connectivity index (χ0) is 14.1. The van der Waals surface area contributed by atoms with E-state index in [9.17, 15) is 0 Å². The Bertz CT molecular complexity index is 864. The van der Waals surface area contributed by atoms with Gasteiger partial charge in [0.25, 0.3) is 0 Å². The molecule has 2 aromatic heterocycles. The highest BCUT2D eigenvalue weighted by atomic mass is 14.9. The third-order valence-electron chi connectivity index (χ3n) is 3.35. The van der Waals surface area contributed by atoms with Crippen LogP contribution in [0.2, 0.25) is 0 Å². The second kappa shape index (κ2) is 4.83. The second-order valence-corrected chi connectivity index (χ2v) is 4.76. The molecule has 0 radical (unpaired) electrons. The van der Waals surface area contributed by atoms with E-state index in [2.05, 4.69) is 19.9 Å². The number of benzene rings is 2. The van der Waals surface area contributed by atoms with Crippen LogP contribution < -0.4 is 0 Å². The van der Waals surface area contributed by atoms with Crippen molar-refractivity contribution in [3.8, 4) is 22.8 Å². The van der Waals surface area contributed by atoms with E-state index in [-0.39, 0.29) is 0 Å². The first-order valence-corrected chi connectivity index (χ1v) is 6.73. The van der Waals surface area contributed by atoms with Gasteiger partial charge in [-0.15, -0.1) is 0 Å². The van der Waals surface area contributed by atoms with Crippen molar-refractivity contribution in [3.63, 3.8) is 0 Å². The topological polar surface area (TPSA) is 54.5 Å². The molecule has 4 nitrogen and oxygen atoms in total. The van der Waals surface area contributed by atoms with Gasteiger partial charge in [0, 0.05) is 23.5 Å². The predicted molar refractivity (Wildman–Crippen MR) is 82.6 cm³/mol. The number of imidazole rings is 1. The molecule has 0 fully saturated rings. The van der Waals surface area contributed by atoms with Gasteiger partial charge in [0.15, 0.2) is 5.82 Å². The lowest BCUT2D eigenvalue weighted by Gasteiger charge is -2.01. The summed E-state index contributed by atoms with van der Waals surface area (Å²) in [5.41, 5.74) is 4.01. The molecule has 100 valence electrons. The molecule has 2 aromatic carbocycles. The minimum Gasteiger partial charge on any atom is -0.338 e. The van der Waals surface area contributed by atoms with Crippen LogP contribution in [0.3, 0.4) is 0 Å². The van der Waals surface area contributed by atoms with E-state index in [0.717, 1.165) is 33.8 Å². The number of aromatic amines is 1. The summed E-state index contributed by atoms with van der Waals surface area (Å²) >= 11 is 0. The molecule has 0 aliphatic rings. The molecule has 0 aliphatic carbocycles. The number of rotatable bonds is 2. The third kappa shape index (κ3) is 2.17. The van der Waals surface area contributed by atoms with Crippen molar-refractivity contribution >= 4 is 11.0 Å². The lowest BCUT2D eigenvalue weighted by Crippen LogP contribution is -1.88. The number of aromatic nitrogens is 4. The molecule has 1 N–H and O–H groups in total. The first-order valence-electron chi connectivity index (χ1n) is 6.73. The summed E-state index contributed by atoms with van der Waals surface area (Å²) < 4.78 is 0. The average molecular weight is 272 g/mol. The quantitative estimate of drug-likeness (QED) is 0.605. The Morgan fingerprint density at radius 1 is 0.762 bits per heavy atom. The standard InChI is InChI=1S/C17H12N4/c1-2-8-15-14(7-1)20-17(21-15)13-6-3-5-12(11-13)16-18-9-4-10-19-16/h1-11H,(H,20,21). The second-order valence-electron chi connectivity index (χ2n) is 4.76. The molecule has 0 amide bonds. The number of fused-ring (bicyclic) bond motifs is 1. The van der Waals surface area contributed by atoms with E-state index >= 15 is 0 Å². The zero-order valence-electron chi connectivity index (χ0n) is 11.2. The highest BCUT2D eigenvalue weighted by Crippen LogP contribution is 2.24. The van der Waals surface area contributed by atoms with Crippen LogP contribution in [-0.2, 0) is 0 Å². The van der Waals surface area contributed by atoms with E-state index in [0.29, 0.717) is 0 Å². The van der Waals surface area contributed by atoms with Gasteiger partial charge in [-0.1, -0.05) is 30.3 Å². The molecule has 21 heavy (non-hydrogen) atoms. The summed E-state index contributed by atoms with van der Waals surface area (Å²) in [6, 6.07) is 17.9. The number of hydrogen-bond donors (Lipinski definition) is 1. The molecule has 0 bridgehead atoms. The van der Waals surface area contributed by atoms with Gasteiger partial charge in [-0.3, -0.25) is 0 Å². The molecular weight excluding hydrogens is 260 g/mol. The molecule has 0 saturated carbocycles. The first kappa shape index (κ1) is 11.8. The Morgan fingerprint density at radius 3 is 2.43 bits per heavy atom. The number of nitrogens with zero attached hydrogens (tertiary/aromatic N) is 3. The molecule has 2 heterocycles. The van der Waals surface area contributed by atoms with Crippen molar-refractivity contribution in [2.24, 2.45) is 0 Å². The monoisotopic (exact) mass is 272 g/mol. The van der Waals surface area contributed by atoms with Gasteiger partial charge < -0.3 is 4.98 Å². The summed E-state index contributed by atoms with van der Waals surface area (Å²) in [5, 5.41) is 0. The Labute approximate surface area is 121 Å². The van der Waals surface area contributed by atoms with E-state index in [1.807, 2.05) is 54.6 Å². The fourth-order valence-corrected chi connectivity index (χ4v) is 2.34. The first-order chi connectivity index (χ1) is 10.4. The lowest BCUT2D eigenvalue weighted by molar-refractivity contribution is 1.18. The zero-order valence-corrected chi connectivity index (χ0v) is 11.2. The number of hydrogen-bond acceptors (Lipinski definition) is 3. The van der Waals surface area contributed by atoms with E-state index < -0.39 is 0 Å². The van der Waals surface area contributed by atoms with Gasteiger partial charge in [0.05, 0.1) is 11.0 Å². The van der Waals surface area contributed by atoms with Crippen LogP contribution in [0.4, 0.5) is 0 Å². The summed E-state index contributed by atoms with van der Waals surface area (Å²) in [4.78, 5) is 16.5. The minimum atomic E-state index is 0.718. The maximum atomic E-state index is 4.62. The molecule has 0 atom stereocenters. The van der Waals surface area contributed by atoms with Crippen molar-refractivity contribution in [2.45, 2.75) is 0 Å². The Hall–Kier alpha value is -3.01. The smallest absolute Gasteiger partial charge is 0.159 e. The normalized spacial score (nSPS) is 10.9. The van der Waals surface area contributed by atoms with Crippen LogP contribution in [-0.4, -0.2) is 19.9 Å². The molecule has 4 aromatic rings. The molecule has 0 saturated heterocycles. The number of nitrogens with one attached hydrogen (secondary N) is 1. The molecule has 4 heteroatoms. The van der Waals surface area contributed by atoms with Gasteiger partial charge in [0.2, 0.25) is 0 Å².